The molecular weight excluding hydrogens is 222 g/mol. The highest BCUT2D eigenvalue weighted by Crippen LogP contribution is 2.17. The zero-order chi connectivity index (χ0) is 11.5. The van der Waals surface area contributed by atoms with E-state index in [1.54, 1.807) is 10.9 Å². The van der Waals surface area contributed by atoms with Gasteiger partial charge in [-0.2, -0.15) is 5.10 Å². The fourth-order valence-corrected chi connectivity index (χ4v) is 1.83. The van der Waals surface area contributed by atoms with Gasteiger partial charge in [-0.3, -0.25) is 0 Å². The third kappa shape index (κ3) is 2.10. The summed E-state index contributed by atoms with van der Waals surface area (Å²) in [7, 11) is 0. The molecule has 2 rings (SSSR count). The Morgan fingerprint density at radius 2 is 2.06 bits per heavy atom. The molecule has 0 spiro atoms. The van der Waals surface area contributed by atoms with Gasteiger partial charge in [-0.25, -0.2) is 4.68 Å². The molecule has 0 fully saturated rings. The van der Waals surface area contributed by atoms with Crippen LogP contribution in [-0.4, -0.2) is 9.78 Å². The maximum Gasteiger partial charge on any atom is 0.131 e. The molecule has 0 radical (unpaired) electrons. The number of nitrogens with two attached hydrogens (primary N) is 1. The van der Waals surface area contributed by atoms with Crippen LogP contribution in [0.15, 0.2) is 30.5 Å². The van der Waals surface area contributed by atoms with Crippen LogP contribution in [-0.2, 0) is 13.1 Å². The maximum absolute atomic E-state index is 6.15. The van der Waals surface area contributed by atoms with Gasteiger partial charge in [-0.15, -0.1) is 0 Å². The molecule has 84 valence electrons. The molecule has 2 aromatic rings. The van der Waals surface area contributed by atoms with Crippen LogP contribution in [0.4, 0.5) is 0 Å². The molecule has 0 saturated heterocycles. The van der Waals surface area contributed by atoms with Gasteiger partial charge in [0.2, 0.25) is 0 Å². The van der Waals surface area contributed by atoms with Gasteiger partial charge in [0.15, 0.2) is 0 Å². The number of halogens is 1. The lowest BCUT2D eigenvalue weighted by atomic mass is 10.1. The second-order valence-corrected chi connectivity index (χ2v) is 4.11. The maximum atomic E-state index is 6.15. The fourth-order valence-electron chi connectivity index (χ4n) is 1.61. The summed E-state index contributed by atoms with van der Waals surface area (Å²) in [6.07, 6.45) is 1.72. The van der Waals surface area contributed by atoms with Gasteiger partial charge in [0.25, 0.3) is 0 Å². The molecule has 1 aromatic heterocycles. The van der Waals surface area contributed by atoms with E-state index in [0.29, 0.717) is 18.2 Å². The summed E-state index contributed by atoms with van der Waals surface area (Å²) in [6.45, 7) is 3.19. The standard InChI is InChI=1S/C12H14ClN3/c1-9-4-2-3-5-10(9)8-16-12(13)11(6-14)7-15-16/h2-5,7H,6,8,14H2,1H3. The van der Waals surface area contributed by atoms with Gasteiger partial charge in [-0.05, 0) is 18.1 Å². The van der Waals surface area contributed by atoms with E-state index in [1.165, 1.54) is 11.1 Å². The summed E-state index contributed by atoms with van der Waals surface area (Å²) in [6, 6.07) is 8.20. The minimum atomic E-state index is 0.423. The van der Waals surface area contributed by atoms with E-state index < -0.39 is 0 Å². The lowest BCUT2D eigenvalue weighted by Crippen LogP contribution is -2.04. The summed E-state index contributed by atoms with van der Waals surface area (Å²) in [5.41, 5.74) is 8.89. The number of aromatic nitrogens is 2. The van der Waals surface area contributed by atoms with E-state index in [4.69, 9.17) is 17.3 Å². The van der Waals surface area contributed by atoms with E-state index in [0.717, 1.165) is 5.56 Å². The number of hydrogen-bond acceptors (Lipinski definition) is 2. The molecular formula is C12H14ClN3. The highest BCUT2D eigenvalue weighted by molar-refractivity contribution is 6.30. The van der Waals surface area contributed by atoms with Crippen LogP contribution in [0.3, 0.4) is 0 Å². The summed E-state index contributed by atoms with van der Waals surface area (Å²) >= 11 is 6.15. The normalized spacial score (nSPS) is 10.7. The van der Waals surface area contributed by atoms with Crippen LogP contribution >= 0.6 is 11.6 Å². The molecule has 1 aromatic carbocycles. The Morgan fingerprint density at radius 3 is 2.69 bits per heavy atom. The zero-order valence-corrected chi connectivity index (χ0v) is 9.91. The number of rotatable bonds is 3. The summed E-state index contributed by atoms with van der Waals surface area (Å²) in [5.74, 6) is 0. The van der Waals surface area contributed by atoms with Gasteiger partial charge in [-0.1, -0.05) is 35.9 Å². The molecule has 0 amide bonds. The minimum absolute atomic E-state index is 0.423. The minimum Gasteiger partial charge on any atom is -0.326 e. The highest BCUT2D eigenvalue weighted by atomic mass is 35.5. The molecule has 0 aliphatic carbocycles. The first-order valence-electron chi connectivity index (χ1n) is 5.17. The Balaban J connectivity index is 2.27. The first kappa shape index (κ1) is 11.2. The Kier molecular flexibility index (Phi) is 3.27. The van der Waals surface area contributed by atoms with Crippen molar-refractivity contribution < 1.29 is 0 Å². The van der Waals surface area contributed by atoms with E-state index in [2.05, 4.69) is 24.2 Å². The third-order valence-electron chi connectivity index (χ3n) is 2.65. The Labute approximate surface area is 99.8 Å². The average Bonchev–Trinajstić information content (AvgIpc) is 2.63. The summed E-state index contributed by atoms with van der Waals surface area (Å²) in [5, 5.41) is 4.86. The lowest BCUT2D eigenvalue weighted by Gasteiger charge is -2.06. The zero-order valence-electron chi connectivity index (χ0n) is 9.15. The molecule has 0 saturated carbocycles. The SMILES string of the molecule is Cc1ccccc1Cn1ncc(CN)c1Cl. The first-order chi connectivity index (χ1) is 7.72. The highest BCUT2D eigenvalue weighted by Gasteiger charge is 2.07. The monoisotopic (exact) mass is 235 g/mol. The van der Waals surface area contributed by atoms with Gasteiger partial charge >= 0.3 is 0 Å². The smallest absolute Gasteiger partial charge is 0.131 e. The molecule has 0 atom stereocenters. The Bertz CT molecular complexity index is 491. The molecule has 16 heavy (non-hydrogen) atoms. The van der Waals surface area contributed by atoms with E-state index in [9.17, 15) is 0 Å². The van der Waals surface area contributed by atoms with Crippen LogP contribution in [0.2, 0.25) is 5.15 Å². The van der Waals surface area contributed by atoms with Crippen molar-refractivity contribution in [3.8, 4) is 0 Å². The fraction of sp³-hybridized carbons (Fsp3) is 0.250. The van der Waals surface area contributed by atoms with Gasteiger partial charge in [0.1, 0.15) is 5.15 Å². The quantitative estimate of drug-likeness (QED) is 0.888. The van der Waals surface area contributed by atoms with Crippen LogP contribution in [0.5, 0.6) is 0 Å². The molecule has 1 heterocycles. The van der Waals surface area contributed by atoms with E-state index >= 15 is 0 Å². The van der Waals surface area contributed by atoms with Crippen molar-refractivity contribution in [3.05, 3.63) is 52.3 Å². The molecule has 0 aliphatic rings. The van der Waals surface area contributed by atoms with Gasteiger partial charge < -0.3 is 5.73 Å². The molecule has 0 unspecified atom stereocenters. The third-order valence-corrected chi connectivity index (χ3v) is 3.08. The molecule has 3 nitrogen and oxygen atoms in total. The predicted octanol–water partition coefficient (Wildman–Crippen LogP) is 2.35. The number of hydrogen-bond donors (Lipinski definition) is 1. The summed E-state index contributed by atoms with van der Waals surface area (Å²) < 4.78 is 1.77. The van der Waals surface area contributed by atoms with Crippen molar-refractivity contribution in [2.24, 2.45) is 5.73 Å². The van der Waals surface area contributed by atoms with Crippen LogP contribution in [0.1, 0.15) is 16.7 Å². The lowest BCUT2D eigenvalue weighted by molar-refractivity contribution is 0.684. The first-order valence-corrected chi connectivity index (χ1v) is 5.55. The van der Waals surface area contributed by atoms with Crippen molar-refractivity contribution in [2.75, 3.05) is 0 Å². The van der Waals surface area contributed by atoms with Gasteiger partial charge in [0.05, 0.1) is 12.7 Å². The molecule has 0 bridgehead atoms. The Morgan fingerprint density at radius 1 is 1.31 bits per heavy atom. The second kappa shape index (κ2) is 4.68. The largest absolute Gasteiger partial charge is 0.326 e. The van der Waals surface area contributed by atoms with Crippen LogP contribution in [0.25, 0.3) is 0 Å². The predicted molar refractivity (Wildman–Crippen MR) is 65.4 cm³/mol. The van der Waals surface area contributed by atoms with Crippen LogP contribution in [0, 0.1) is 6.92 Å². The van der Waals surface area contributed by atoms with E-state index in [-0.39, 0.29) is 0 Å². The number of nitrogens with zero attached hydrogens (tertiary/aromatic N) is 2. The molecule has 0 aliphatic heterocycles. The van der Waals surface area contributed by atoms with E-state index in [1.807, 2.05) is 12.1 Å². The van der Waals surface area contributed by atoms with Crippen molar-refractivity contribution in [2.45, 2.75) is 20.0 Å². The van der Waals surface area contributed by atoms with Gasteiger partial charge in [0, 0.05) is 12.1 Å². The number of benzene rings is 1. The molecule has 2 N–H and O–H groups in total. The Hall–Kier alpha value is -1.32. The molecule has 4 heteroatoms. The van der Waals surface area contributed by atoms with Crippen molar-refractivity contribution in [1.29, 1.82) is 0 Å². The van der Waals surface area contributed by atoms with Crippen molar-refractivity contribution >= 4 is 11.6 Å². The average molecular weight is 236 g/mol. The van der Waals surface area contributed by atoms with Crippen LogP contribution < -0.4 is 5.73 Å². The van der Waals surface area contributed by atoms with Crippen molar-refractivity contribution in [3.63, 3.8) is 0 Å². The number of aryl methyl sites for hydroxylation is 1. The van der Waals surface area contributed by atoms with Crippen molar-refractivity contribution in [1.82, 2.24) is 9.78 Å². The second-order valence-electron chi connectivity index (χ2n) is 3.75. The summed E-state index contributed by atoms with van der Waals surface area (Å²) in [4.78, 5) is 0. The topological polar surface area (TPSA) is 43.8 Å².